The monoisotopic (exact) mass is 428 g/mol. The van der Waals surface area contributed by atoms with Crippen molar-refractivity contribution in [1.82, 2.24) is 4.72 Å². The molecule has 3 aromatic carbocycles. The second-order valence-electron chi connectivity index (χ2n) is 5.86. The highest BCUT2D eigenvalue weighted by Gasteiger charge is 2.14. The molecule has 3 rings (SSSR count). The number of rotatable bonds is 8. The van der Waals surface area contributed by atoms with Gasteiger partial charge in [0.15, 0.2) is 0 Å². The lowest BCUT2D eigenvalue weighted by atomic mass is 10.2. The van der Waals surface area contributed by atoms with E-state index in [0.717, 1.165) is 0 Å². The summed E-state index contributed by atoms with van der Waals surface area (Å²) >= 11 is 5.98. The molecule has 0 aliphatic carbocycles. The van der Waals surface area contributed by atoms with Gasteiger partial charge in [0.2, 0.25) is 10.0 Å². The Balaban J connectivity index is 1.60. The third-order valence-electron chi connectivity index (χ3n) is 3.86. The van der Waals surface area contributed by atoms with E-state index in [4.69, 9.17) is 21.1 Å². The van der Waals surface area contributed by atoms with Crippen molar-refractivity contribution in [3.8, 4) is 23.3 Å². The Morgan fingerprint density at radius 1 is 0.931 bits per heavy atom. The smallest absolute Gasteiger partial charge is 0.240 e. The van der Waals surface area contributed by atoms with Gasteiger partial charge in [-0.2, -0.15) is 5.26 Å². The van der Waals surface area contributed by atoms with Crippen LogP contribution in [0.2, 0.25) is 5.02 Å². The quantitative estimate of drug-likeness (QED) is 0.538. The van der Waals surface area contributed by atoms with Crippen molar-refractivity contribution in [2.24, 2.45) is 0 Å². The molecule has 6 nitrogen and oxygen atoms in total. The molecule has 0 radical (unpaired) electrons. The van der Waals surface area contributed by atoms with Crippen molar-refractivity contribution in [3.05, 3.63) is 83.4 Å². The number of halogens is 1. The first-order valence-electron chi connectivity index (χ1n) is 8.63. The predicted octanol–water partition coefficient (Wildman–Crippen LogP) is 4.36. The lowest BCUT2D eigenvalue weighted by molar-refractivity contribution is 0.323. The Hall–Kier alpha value is -3.05. The first kappa shape index (κ1) is 20.7. The second-order valence-corrected chi connectivity index (χ2v) is 8.03. The maximum absolute atomic E-state index is 12.4. The van der Waals surface area contributed by atoms with E-state index in [1.54, 1.807) is 30.3 Å². The fraction of sp³-hybridized carbons (Fsp3) is 0.0952. The van der Waals surface area contributed by atoms with E-state index in [1.807, 2.05) is 24.3 Å². The van der Waals surface area contributed by atoms with Crippen LogP contribution in [0.4, 0.5) is 0 Å². The van der Waals surface area contributed by atoms with E-state index in [0.29, 0.717) is 17.2 Å². The van der Waals surface area contributed by atoms with Gasteiger partial charge in [-0.1, -0.05) is 35.9 Å². The summed E-state index contributed by atoms with van der Waals surface area (Å²) in [5.74, 6) is 1.35. The maximum Gasteiger partial charge on any atom is 0.240 e. The molecule has 0 unspecified atom stereocenters. The van der Waals surface area contributed by atoms with Crippen molar-refractivity contribution in [2.75, 3.05) is 13.2 Å². The van der Waals surface area contributed by atoms with Gasteiger partial charge in [-0.25, -0.2) is 13.1 Å². The van der Waals surface area contributed by atoms with Crippen LogP contribution in [0, 0.1) is 11.3 Å². The average Bonchev–Trinajstić information content (AvgIpc) is 2.73. The van der Waals surface area contributed by atoms with Crippen molar-refractivity contribution in [3.63, 3.8) is 0 Å². The minimum absolute atomic E-state index is 0.0937. The highest BCUT2D eigenvalue weighted by Crippen LogP contribution is 2.30. The van der Waals surface area contributed by atoms with Gasteiger partial charge in [0.1, 0.15) is 35.5 Å². The molecule has 1 N–H and O–H groups in total. The fourth-order valence-corrected chi connectivity index (χ4v) is 3.68. The largest absolute Gasteiger partial charge is 0.492 e. The molecule has 0 fully saturated rings. The number of benzene rings is 3. The van der Waals surface area contributed by atoms with Crippen molar-refractivity contribution < 1.29 is 17.9 Å². The Bertz CT molecular complexity index is 1110. The minimum atomic E-state index is -3.68. The Morgan fingerprint density at radius 2 is 1.66 bits per heavy atom. The SMILES string of the molecule is N#Cc1c(Cl)cccc1Oc1ccc(S(=O)(=O)NCCOc2ccccc2)cc1. The molecule has 3 aromatic rings. The van der Waals surface area contributed by atoms with Crippen LogP contribution in [-0.2, 0) is 10.0 Å². The Morgan fingerprint density at radius 3 is 2.34 bits per heavy atom. The van der Waals surface area contributed by atoms with Crippen LogP contribution in [0.25, 0.3) is 0 Å². The van der Waals surface area contributed by atoms with Crippen molar-refractivity contribution in [2.45, 2.75) is 4.90 Å². The van der Waals surface area contributed by atoms with Gasteiger partial charge in [0, 0.05) is 6.54 Å². The molecule has 0 atom stereocenters. The van der Waals surface area contributed by atoms with Crippen LogP contribution >= 0.6 is 11.6 Å². The topological polar surface area (TPSA) is 88.4 Å². The molecule has 0 saturated heterocycles. The van der Waals surface area contributed by atoms with E-state index in [2.05, 4.69) is 4.72 Å². The van der Waals surface area contributed by atoms with Crippen molar-refractivity contribution in [1.29, 1.82) is 5.26 Å². The van der Waals surface area contributed by atoms with Crippen LogP contribution in [-0.4, -0.2) is 21.6 Å². The Labute approximate surface area is 174 Å². The van der Waals surface area contributed by atoms with Crippen LogP contribution in [0.5, 0.6) is 17.2 Å². The summed E-state index contributed by atoms with van der Waals surface area (Å²) in [5, 5.41) is 9.47. The third-order valence-corrected chi connectivity index (χ3v) is 5.65. The molecule has 0 amide bonds. The van der Waals surface area contributed by atoms with E-state index >= 15 is 0 Å². The number of nitrogens with one attached hydrogen (secondary N) is 1. The molecule has 8 heteroatoms. The molecular weight excluding hydrogens is 412 g/mol. The first-order chi connectivity index (χ1) is 14.0. The summed E-state index contributed by atoms with van der Waals surface area (Å²) in [4.78, 5) is 0.0937. The molecule has 0 aliphatic rings. The summed E-state index contributed by atoms with van der Waals surface area (Å²) in [6.45, 7) is 0.333. The molecule has 0 bridgehead atoms. The van der Waals surface area contributed by atoms with Gasteiger partial charge in [0.25, 0.3) is 0 Å². The molecule has 0 spiro atoms. The number of nitrogens with zero attached hydrogens (tertiary/aromatic N) is 1. The van der Waals surface area contributed by atoms with E-state index in [9.17, 15) is 13.7 Å². The number of sulfonamides is 1. The molecule has 0 aromatic heterocycles. The van der Waals surface area contributed by atoms with E-state index < -0.39 is 10.0 Å². The number of ether oxygens (including phenoxy) is 2. The number of para-hydroxylation sites is 1. The second kappa shape index (κ2) is 9.43. The zero-order valence-corrected chi connectivity index (χ0v) is 16.8. The summed E-state index contributed by atoms with van der Waals surface area (Å²) < 4.78 is 38.4. The Kier molecular flexibility index (Phi) is 6.73. The molecule has 0 saturated carbocycles. The van der Waals surface area contributed by atoms with E-state index in [-0.39, 0.29) is 28.6 Å². The van der Waals surface area contributed by atoms with Crippen LogP contribution in [0.1, 0.15) is 5.56 Å². The minimum Gasteiger partial charge on any atom is -0.492 e. The predicted molar refractivity (Wildman–Crippen MR) is 110 cm³/mol. The van der Waals surface area contributed by atoms with Crippen molar-refractivity contribution >= 4 is 21.6 Å². The molecule has 0 aliphatic heterocycles. The van der Waals surface area contributed by atoms with Gasteiger partial charge >= 0.3 is 0 Å². The molecule has 0 heterocycles. The number of nitriles is 1. The normalized spacial score (nSPS) is 10.9. The van der Waals surface area contributed by atoms with E-state index in [1.165, 1.54) is 24.3 Å². The van der Waals surface area contributed by atoms with Gasteiger partial charge in [0.05, 0.1) is 9.92 Å². The fourth-order valence-electron chi connectivity index (χ4n) is 2.46. The standard InChI is InChI=1S/C21H17ClN2O4S/c22-20-7-4-8-21(19(20)15-23)28-17-9-11-18(12-10-17)29(25,26)24-13-14-27-16-5-2-1-3-6-16/h1-12,24H,13-14H2. The number of hydrogen-bond acceptors (Lipinski definition) is 5. The van der Waals surface area contributed by atoms with Crippen LogP contribution < -0.4 is 14.2 Å². The summed E-state index contributed by atoms with van der Waals surface area (Å²) in [5.41, 5.74) is 0.214. The average molecular weight is 429 g/mol. The van der Waals surface area contributed by atoms with Crippen LogP contribution in [0.15, 0.2) is 77.7 Å². The zero-order chi connectivity index (χ0) is 20.7. The highest BCUT2D eigenvalue weighted by atomic mass is 35.5. The third kappa shape index (κ3) is 5.48. The lowest BCUT2D eigenvalue weighted by Crippen LogP contribution is -2.28. The molecular formula is C21H17ClN2O4S. The number of hydrogen-bond donors (Lipinski definition) is 1. The van der Waals surface area contributed by atoms with Gasteiger partial charge < -0.3 is 9.47 Å². The maximum atomic E-state index is 12.4. The highest BCUT2D eigenvalue weighted by molar-refractivity contribution is 7.89. The zero-order valence-electron chi connectivity index (χ0n) is 15.2. The summed E-state index contributed by atoms with van der Waals surface area (Å²) in [6.07, 6.45) is 0. The van der Waals surface area contributed by atoms with Crippen LogP contribution in [0.3, 0.4) is 0 Å². The molecule has 148 valence electrons. The van der Waals surface area contributed by atoms with Gasteiger partial charge in [-0.15, -0.1) is 0 Å². The summed E-state index contributed by atoms with van der Waals surface area (Å²) in [6, 6.07) is 21.9. The summed E-state index contributed by atoms with van der Waals surface area (Å²) in [7, 11) is -3.68. The molecule has 29 heavy (non-hydrogen) atoms. The lowest BCUT2D eigenvalue weighted by Gasteiger charge is -2.10. The van der Waals surface area contributed by atoms with Gasteiger partial charge in [-0.3, -0.25) is 0 Å². The van der Waals surface area contributed by atoms with Gasteiger partial charge in [-0.05, 0) is 48.5 Å². The first-order valence-corrected chi connectivity index (χ1v) is 10.5.